The van der Waals surface area contributed by atoms with Gasteiger partial charge < -0.3 is 49.5 Å². The molecule has 1 aromatic heterocycles. The minimum Gasteiger partial charge on any atom is -0.370 e. The van der Waals surface area contributed by atoms with Gasteiger partial charge in [-0.25, -0.2) is 0 Å². The van der Waals surface area contributed by atoms with Crippen LogP contribution in [0.4, 0.5) is 0 Å². The Kier molecular flexibility index (Phi) is 14.1. The summed E-state index contributed by atoms with van der Waals surface area (Å²) in [6.07, 6.45) is 1.11. The number of amides is 5. The standard InChI is InChI=1S/C34H45N11O5S/c35-33(36)39-13-3-9-24-30(48)45-27(18-23-8-5-15-51-23)32(50)43-25(10-4-14-40-34(37)38)31(49)44-26(29(47)41-19-28(46)42-24)17-20-11-12-21-6-1-2-7-22(21)16-20/h1-2,5-8,11-12,15-16,24-27H,3-4,9-10,13-14,17-19H2,(H,41,47)(H,42,46)(H,43,50)(H,44,49)(H,45,48)(H4,35,36,39)(H4,37,38,40)/t24-,25-,26-,27+/m0/s1. The molecule has 0 saturated carbocycles. The van der Waals surface area contributed by atoms with Crippen molar-refractivity contribution in [3.8, 4) is 0 Å². The fraction of sp³-hybridized carbons (Fsp3) is 0.382. The first kappa shape index (κ1) is 38.1. The van der Waals surface area contributed by atoms with Gasteiger partial charge in [-0.1, -0.05) is 48.5 Å². The van der Waals surface area contributed by atoms with Gasteiger partial charge in [0.2, 0.25) is 29.5 Å². The maximum absolute atomic E-state index is 13.9. The van der Waals surface area contributed by atoms with Crippen LogP contribution in [-0.4, -0.2) is 85.3 Å². The number of guanidine groups is 2. The number of hydrogen-bond acceptors (Lipinski definition) is 8. The molecule has 13 N–H and O–H groups in total. The van der Waals surface area contributed by atoms with E-state index in [2.05, 4.69) is 36.6 Å². The minimum absolute atomic E-state index is 0.0904. The van der Waals surface area contributed by atoms with Crippen LogP contribution in [0.1, 0.15) is 36.1 Å². The quantitative estimate of drug-likeness (QED) is 0.0621. The second-order valence-corrected chi connectivity index (χ2v) is 13.1. The predicted octanol–water partition coefficient (Wildman–Crippen LogP) is -1.14. The van der Waals surface area contributed by atoms with Crippen molar-refractivity contribution in [1.82, 2.24) is 26.6 Å². The molecular weight excluding hydrogens is 675 g/mol. The van der Waals surface area contributed by atoms with Crippen molar-refractivity contribution in [3.05, 3.63) is 70.4 Å². The topological polar surface area (TPSA) is 274 Å². The molecule has 5 amide bonds. The number of nitrogens with two attached hydrogens (primary N) is 4. The van der Waals surface area contributed by atoms with Crippen LogP contribution in [0.25, 0.3) is 10.8 Å². The number of carbonyl (C=O) groups is 5. The number of thiophene rings is 1. The van der Waals surface area contributed by atoms with Crippen LogP contribution in [0.5, 0.6) is 0 Å². The lowest BCUT2D eigenvalue weighted by Crippen LogP contribution is -2.58. The lowest BCUT2D eigenvalue weighted by Gasteiger charge is -2.26. The third kappa shape index (κ3) is 12.3. The molecule has 4 atom stereocenters. The fourth-order valence-electron chi connectivity index (χ4n) is 5.55. The highest BCUT2D eigenvalue weighted by atomic mass is 32.1. The molecule has 0 aliphatic carbocycles. The van der Waals surface area contributed by atoms with Gasteiger partial charge in [0.1, 0.15) is 24.2 Å². The summed E-state index contributed by atoms with van der Waals surface area (Å²) in [5, 5.41) is 17.4. The molecule has 2 heterocycles. The first-order chi connectivity index (χ1) is 24.5. The van der Waals surface area contributed by atoms with Gasteiger partial charge in [0.25, 0.3) is 0 Å². The molecule has 3 aromatic rings. The van der Waals surface area contributed by atoms with Crippen LogP contribution in [0.15, 0.2) is 70.0 Å². The van der Waals surface area contributed by atoms with E-state index in [1.807, 2.05) is 60.0 Å². The molecule has 0 radical (unpaired) electrons. The number of carbonyl (C=O) groups excluding carboxylic acids is 5. The maximum Gasteiger partial charge on any atom is 0.243 e. The molecule has 1 saturated heterocycles. The normalized spacial score (nSPS) is 20.4. The van der Waals surface area contributed by atoms with E-state index >= 15 is 0 Å². The van der Waals surface area contributed by atoms with Crippen LogP contribution < -0.4 is 49.5 Å². The molecule has 0 unspecified atom stereocenters. The van der Waals surface area contributed by atoms with Gasteiger partial charge in [0.15, 0.2) is 11.9 Å². The minimum atomic E-state index is -1.12. The van der Waals surface area contributed by atoms with E-state index in [0.29, 0.717) is 12.8 Å². The van der Waals surface area contributed by atoms with Crippen LogP contribution >= 0.6 is 11.3 Å². The van der Waals surface area contributed by atoms with Crippen molar-refractivity contribution in [3.63, 3.8) is 0 Å². The van der Waals surface area contributed by atoms with E-state index in [1.165, 1.54) is 11.3 Å². The lowest BCUT2D eigenvalue weighted by atomic mass is 10.0. The van der Waals surface area contributed by atoms with Crippen molar-refractivity contribution >= 4 is 63.6 Å². The third-order valence-corrected chi connectivity index (χ3v) is 9.00. The van der Waals surface area contributed by atoms with Crippen LogP contribution in [0.3, 0.4) is 0 Å². The van der Waals surface area contributed by atoms with Crippen molar-refractivity contribution < 1.29 is 24.0 Å². The Hall–Kier alpha value is -5.71. The molecule has 4 rings (SSSR count). The van der Waals surface area contributed by atoms with E-state index < -0.39 is 60.2 Å². The molecule has 2 aromatic carbocycles. The molecule has 16 nitrogen and oxygen atoms in total. The smallest absolute Gasteiger partial charge is 0.243 e. The van der Waals surface area contributed by atoms with Crippen LogP contribution in [0.2, 0.25) is 0 Å². The summed E-state index contributed by atoms with van der Waals surface area (Å²) in [6, 6.07) is 12.6. The number of aliphatic imine (C=N–C) groups is 2. The van der Waals surface area contributed by atoms with Gasteiger partial charge in [-0.3, -0.25) is 34.0 Å². The molecule has 0 spiro atoms. The van der Waals surface area contributed by atoms with Gasteiger partial charge in [-0.15, -0.1) is 11.3 Å². The zero-order valence-electron chi connectivity index (χ0n) is 28.1. The molecule has 0 bridgehead atoms. The van der Waals surface area contributed by atoms with Gasteiger partial charge in [-0.2, -0.15) is 0 Å². The maximum atomic E-state index is 13.9. The first-order valence-corrected chi connectivity index (χ1v) is 17.5. The number of benzene rings is 2. The van der Waals surface area contributed by atoms with Gasteiger partial charge in [0, 0.05) is 30.8 Å². The van der Waals surface area contributed by atoms with E-state index in [0.717, 1.165) is 21.2 Å². The highest BCUT2D eigenvalue weighted by Crippen LogP contribution is 2.17. The summed E-state index contributed by atoms with van der Waals surface area (Å²) in [4.78, 5) is 76.9. The van der Waals surface area contributed by atoms with E-state index in [4.69, 9.17) is 22.9 Å². The Morgan fingerprint density at radius 3 is 1.82 bits per heavy atom. The first-order valence-electron chi connectivity index (χ1n) is 16.6. The van der Waals surface area contributed by atoms with E-state index in [9.17, 15) is 24.0 Å². The number of rotatable bonds is 12. The monoisotopic (exact) mass is 719 g/mol. The number of fused-ring (bicyclic) bond motifs is 1. The van der Waals surface area contributed by atoms with Gasteiger partial charge >= 0.3 is 0 Å². The molecule has 1 aliphatic rings. The average molecular weight is 720 g/mol. The Labute approximate surface area is 299 Å². The summed E-state index contributed by atoms with van der Waals surface area (Å²) in [5.41, 5.74) is 22.6. The molecule has 17 heteroatoms. The summed E-state index contributed by atoms with van der Waals surface area (Å²) in [6.45, 7) is -0.0877. The number of nitrogens with one attached hydrogen (secondary N) is 5. The highest BCUT2D eigenvalue weighted by Gasteiger charge is 2.32. The molecule has 272 valence electrons. The second-order valence-electron chi connectivity index (χ2n) is 12.1. The summed E-state index contributed by atoms with van der Waals surface area (Å²) >= 11 is 1.40. The predicted molar refractivity (Wildman–Crippen MR) is 196 cm³/mol. The lowest BCUT2D eigenvalue weighted by molar-refractivity contribution is -0.134. The number of hydrogen-bond donors (Lipinski definition) is 9. The van der Waals surface area contributed by atoms with Crippen molar-refractivity contribution in [2.24, 2.45) is 32.9 Å². The van der Waals surface area contributed by atoms with Gasteiger partial charge in [0.05, 0.1) is 6.54 Å². The number of nitrogens with zero attached hydrogens (tertiary/aromatic N) is 2. The highest BCUT2D eigenvalue weighted by molar-refractivity contribution is 7.09. The zero-order valence-corrected chi connectivity index (χ0v) is 28.9. The van der Waals surface area contributed by atoms with Crippen LogP contribution in [-0.2, 0) is 36.8 Å². The SMILES string of the molecule is NC(N)=NCCC[C@@H]1NC(=O)CNC(=O)[C@H](Cc2ccc3ccccc3c2)NC(=O)[C@H](CCCN=C(N)N)NC(=O)[C@@H](Cc2cccs2)NC1=O. The van der Waals surface area contributed by atoms with Crippen molar-refractivity contribution in [2.45, 2.75) is 62.7 Å². The van der Waals surface area contributed by atoms with Crippen molar-refractivity contribution in [1.29, 1.82) is 0 Å². The van der Waals surface area contributed by atoms with Crippen molar-refractivity contribution in [2.75, 3.05) is 19.6 Å². The molecule has 1 fully saturated rings. The largest absolute Gasteiger partial charge is 0.370 e. The Balaban J connectivity index is 1.66. The van der Waals surface area contributed by atoms with Crippen LogP contribution in [0, 0.1) is 0 Å². The molecule has 51 heavy (non-hydrogen) atoms. The van der Waals surface area contributed by atoms with Gasteiger partial charge in [-0.05, 0) is 53.5 Å². The Morgan fingerprint density at radius 2 is 1.22 bits per heavy atom. The molecular formula is C34H45N11O5S. The summed E-state index contributed by atoms with van der Waals surface area (Å²) < 4.78 is 0. The van der Waals surface area contributed by atoms with E-state index in [-0.39, 0.29) is 50.7 Å². The van der Waals surface area contributed by atoms with E-state index in [1.54, 1.807) is 0 Å². The summed E-state index contributed by atoms with van der Waals surface area (Å²) in [5.74, 6) is -3.40. The second kappa shape index (κ2) is 18.9. The summed E-state index contributed by atoms with van der Waals surface area (Å²) in [7, 11) is 0. The zero-order chi connectivity index (χ0) is 36.8. The Bertz CT molecular complexity index is 1740. The third-order valence-electron chi connectivity index (χ3n) is 8.10. The fourth-order valence-corrected chi connectivity index (χ4v) is 6.30. The average Bonchev–Trinajstić information content (AvgIpc) is 3.61. The Morgan fingerprint density at radius 1 is 0.647 bits per heavy atom. The molecule has 1 aliphatic heterocycles.